The van der Waals surface area contributed by atoms with E-state index < -0.39 is 6.04 Å². The van der Waals surface area contributed by atoms with Crippen LogP contribution in [0.15, 0.2) is 48.5 Å². The fourth-order valence-electron chi connectivity index (χ4n) is 3.13. The van der Waals surface area contributed by atoms with Crippen molar-refractivity contribution in [3.05, 3.63) is 54.1 Å². The first-order valence-electron chi connectivity index (χ1n) is 9.84. The van der Waals surface area contributed by atoms with E-state index in [2.05, 4.69) is 33.0 Å². The van der Waals surface area contributed by atoms with Crippen LogP contribution in [0.2, 0.25) is 0 Å². The van der Waals surface area contributed by atoms with Crippen LogP contribution in [-0.2, 0) is 20.9 Å². The van der Waals surface area contributed by atoms with Gasteiger partial charge in [0, 0.05) is 43.6 Å². The van der Waals surface area contributed by atoms with Gasteiger partial charge in [-0.25, -0.2) is 0 Å². The Balaban J connectivity index is 1.49. The number of anilines is 3. The Labute approximate surface area is 171 Å². The highest BCUT2D eigenvalue weighted by atomic mass is 16.5. The third-order valence-corrected chi connectivity index (χ3v) is 4.71. The van der Waals surface area contributed by atoms with E-state index in [0.29, 0.717) is 11.4 Å². The maximum atomic E-state index is 12.4. The van der Waals surface area contributed by atoms with E-state index in [0.717, 1.165) is 38.5 Å². The lowest BCUT2D eigenvalue weighted by Gasteiger charge is -2.26. The number of ether oxygens (including phenoxy) is 1. The zero-order valence-electron chi connectivity index (χ0n) is 16.9. The second kappa shape index (κ2) is 10.0. The molecule has 1 aliphatic heterocycles. The van der Waals surface area contributed by atoms with Crippen LogP contribution in [0, 0.1) is 0 Å². The van der Waals surface area contributed by atoms with Gasteiger partial charge in [0.05, 0.1) is 13.2 Å². The van der Waals surface area contributed by atoms with Crippen LogP contribution in [-0.4, -0.2) is 49.1 Å². The molecule has 0 bridgehead atoms. The summed E-state index contributed by atoms with van der Waals surface area (Å²) in [6, 6.07) is 14.8. The maximum absolute atomic E-state index is 12.4. The first-order valence-corrected chi connectivity index (χ1v) is 9.84. The van der Waals surface area contributed by atoms with Crippen LogP contribution in [0.4, 0.5) is 17.1 Å². The smallest absolute Gasteiger partial charge is 0.246 e. The molecule has 0 aromatic heterocycles. The Bertz CT molecular complexity index is 815. The number of benzene rings is 2. The molecule has 0 unspecified atom stereocenters. The normalized spacial score (nSPS) is 15.4. The molecule has 7 heteroatoms. The molecule has 154 valence electrons. The van der Waals surface area contributed by atoms with Crippen molar-refractivity contribution in [2.45, 2.75) is 26.4 Å². The number of amides is 2. The molecule has 3 rings (SSSR count). The molecule has 1 aliphatic rings. The fourth-order valence-corrected chi connectivity index (χ4v) is 3.13. The van der Waals surface area contributed by atoms with Gasteiger partial charge in [-0.2, -0.15) is 0 Å². The summed E-state index contributed by atoms with van der Waals surface area (Å²) in [7, 11) is 0. The lowest BCUT2D eigenvalue weighted by Crippen LogP contribution is -2.35. The van der Waals surface area contributed by atoms with E-state index >= 15 is 0 Å². The van der Waals surface area contributed by atoms with E-state index in [1.54, 1.807) is 24.3 Å². The molecule has 7 nitrogen and oxygen atoms in total. The number of morpholine rings is 1. The van der Waals surface area contributed by atoms with Gasteiger partial charge in [-0.1, -0.05) is 12.1 Å². The van der Waals surface area contributed by atoms with Crippen molar-refractivity contribution in [2.75, 3.05) is 42.3 Å². The topological polar surface area (TPSA) is 82.7 Å². The predicted octanol–water partition coefficient (Wildman–Crippen LogP) is 2.92. The van der Waals surface area contributed by atoms with Crippen LogP contribution in [0.1, 0.15) is 19.4 Å². The second-order valence-corrected chi connectivity index (χ2v) is 7.20. The van der Waals surface area contributed by atoms with Gasteiger partial charge in [0.15, 0.2) is 0 Å². The Morgan fingerprint density at radius 3 is 2.07 bits per heavy atom. The largest absolute Gasteiger partial charge is 0.379 e. The third-order valence-electron chi connectivity index (χ3n) is 4.71. The lowest BCUT2D eigenvalue weighted by molar-refractivity contribution is -0.116. The van der Waals surface area contributed by atoms with Gasteiger partial charge in [-0.15, -0.1) is 0 Å². The quantitative estimate of drug-likeness (QED) is 0.670. The first-order chi connectivity index (χ1) is 14.0. The average Bonchev–Trinajstić information content (AvgIpc) is 2.71. The van der Waals surface area contributed by atoms with Crippen molar-refractivity contribution in [3.8, 4) is 0 Å². The third kappa shape index (κ3) is 6.58. The van der Waals surface area contributed by atoms with Gasteiger partial charge in [-0.05, 0) is 48.9 Å². The van der Waals surface area contributed by atoms with Gasteiger partial charge < -0.3 is 20.7 Å². The van der Waals surface area contributed by atoms with Gasteiger partial charge in [0.1, 0.15) is 6.04 Å². The second-order valence-electron chi connectivity index (χ2n) is 7.20. The zero-order chi connectivity index (χ0) is 20.6. The van der Waals surface area contributed by atoms with Crippen molar-refractivity contribution in [3.63, 3.8) is 0 Å². The van der Waals surface area contributed by atoms with Gasteiger partial charge >= 0.3 is 0 Å². The van der Waals surface area contributed by atoms with E-state index in [4.69, 9.17) is 4.74 Å². The summed E-state index contributed by atoms with van der Waals surface area (Å²) in [6.45, 7) is 7.70. The summed E-state index contributed by atoms with van der Waals surface area (Å²) in [5.74, 6) is -0.259. The minimum atomic E-state index is -0.393. The maximum Gasteiger partial charge on any atom is 0.246 e. The summed E-state index contributed by atoms with van der Waals surface area (Å²) in [5, 5.41) is 8.80. The predicted molar refractivity (Wildman–Crippen MR) is 115 cm³/mol. The number of hydrogen-bond acceptors (Lipinski definition) is 5. The minimum Gasteiger partial charge on any atom is -0.379 e. The van der Waals surface area contributed by atoms with Crippen molar-refractivity contribution >= 4 is 28.9 Å². The van der Waals surface area contributed by atoms with Crippen molar-refractivity contribution < 1.29 is 14.3 Å². The summed E-state index contributed by atoms with van der Waals surface area (Å²) in [5.41, 5.74) is 3.52. The molecule has 1 atom stereocenters. The summed E-state index contributed by atoms with van der Waals surface area (Å²) >= 11 is 0. The molecule has 2 aromatic rings. The summed E-state index contributed by atoms with van der Waals surface area (Å²) in [4.78, 5) is 25.9. The number of rotatable bonds is 7. The number of nitrogens with zero attached hydrogens (tertiary/aromatic N) is 1. The molecule has 2 amide bonds. The molecule has 1 fully saturated rings. The van der Waals surface area contributed by atoms with E-state index in [1.807, 2.05) is 19.1 Å². The molecule has 0 aliphatic carbocycles. The highest BCUT2D eigenvalue weighted by Crippen LogP contribution is 2.16. The SMILES string of the molecule is CC(=O)Nc1ccc(NC(=O)[C@H](C)Nc2ccc(CN3CCOCC3)cc2)cc1. The van der Waals surface area contributed by atoms with Gasteiger partial charge in [0.25, 0.3) is 0 Å². The van der Waals surface area contributed by atoms with Crippen LogP contribution >= 0.6 is 0 Å². The Morgan fingerprint density at radius 2 is 1.48 bits per heavy atom. The molecule has 0 spiro atoms. The van der Waals surface area contributed by atoms with Crippen LogP contribution < -0.4 is 16.0 Å². The molecule has 2 aromatic carbocycles. The monoisotopic (exact) mass is 396 g/mol. The first kappa shape index (κ1) is 20.8. The Hall–Kier alpha value is -2.90. The van der Waals surface area contributed by atoms with Crippen LogP contribution in [0.25, 0.3) is 0 Å². The molecule has 0 saturated carbocycles. The highest BCUT2D eigenvalue weighted by Gasteiger charge is 2.14. The van der Waals surface area contributed by atoms with Gasteiger partial charge in [-0.3, -0.25) is 14.5 Å². The minimum absolute atomic E-state index is 0.129. The zero-order valence-corrected chi connectivity index (χ0v) is 16.9. The van der Waals surface area contributed by atoms with Crippen LogP contribution in [0.5, 0.6) is 0 Å². The van der Waals surface area contributed by atoms with Crippen molar-refractivity contribution in [2.24, 2.45) is 0 Å². The highest BCUT2D eigenvalue weighted by molar-refractivity contribution is 5.96. The lowest BCUT2D eigenvalue weighted by atomic mass is 10.1. The number of carbonyl (C=O) groups is 2. The summed E-state index contributed by atoms with van der Waals surface area (Å²) in [6.07, 6.45) is 0. The van der Waals surface area contributed by atoms with Crippen molar-refractivity contribution in [1.29, 1.82) is 0 Å². The average molecular weight is 396 g/mol. The fraction of sp³-hybridized carbons (Fsp3) is 0.364. The number of carbonyl (C=O) groups excluding carboxylic acids is 2. The van der Waals surface area contributed by atoms with E-state index in [-0.39, 0.29) is 11.8 Å². The molecule has 1 saturated heterocycles. The molecule has 0 radical (unpaired) electrons. The Kier molecular flexibility index (Phi) is 7.21. The summed E-state index contributed by atoms with van der Waals surface area (Å²) < 4.78 is 5.38. The van der Waals surface area contributed by atoms with Crippen LogP contribution in [0.3, 0.4) is 0 Å². The number of hydrogen-bond donors (Lipinski definition) is 3. The Morgan fingerprint density at radius 1 is 0.931 bits per heavy atom. The van der Waals surface area contributed by atoms with Crippen molar-refractivity contribution in [1.82, 2.24) is 4.90 Å². The van der Waals surface area contributed by atoms with E-state index in [9.17, 15) is 9.59 Å². The van der Waals surface area contributed by atoms with Gasteiger partial charge in [0.2, 0.25) is 11.8 Å². The number of nitrogens with one attached hydrogen (secondary N) is 3. The molecule has 1 heterocycles. The van der Waals surface area contributed by atoms with E-state index in [1.165, 1.54) is 12.5 Å². The molecular weight excluding hydrogens is 368 g/mol. The standard InChI is InChI=1S/C22H28N4O3/c1-16(22(28)25-21-9-7-20(8-10-21)24-17(2)27)23-19-5-3-18(4-6-19)15-26-11-13-29-14-12-26/h3-10,16,23H,11-15H2,1-2H3,(H,24,27)(H,25,28)/t16-/m0/s1. The molecular formula is C22H28N4O3. The molecule has 29 heavy (non-hydrogen) atoms. The molecule has 3 N–H and O–H groups in total.